The first-order valence-electron chi connectivity index (χ1n) is 9.30. The van der Waals surface area contributed by atoms with E-state index in [0.29, 0.717) is 25.2 Å². The lowest BCUT2D eigenvalue weighted by Gasteiger charge is -2.31. The first kappa shape index (κ1) is 18.4. The maximum Gasteiger partial charge on any atom is 0.257 e. The van der Waals surface area contributed by atoms with Crippen LogP contribution in [0.4, 0.5) is 0 Å². The van der Waals surface area contributed by atoms with E-state index in [4.69, 9.17) is 4.42 Å². The van der Waals surface area contributed by atoms with E-state index >= 15 is 0 Å². The van der Waals surface area contributed by atoms with Gasteiger partial charge in [-0.25, -0.2) is 4.98 Å². The molecule has 2 aromatic heterocycles. The fourth-order valence-electron chi connectivity index (χ4n) is 3.37. The molecule has 1 saturated heterocycles. The Morgan fingerprint density at radius 2 is 2.11 bits per heavy atom. The number of likely N-dealkylation sites (tertiary alicyclic amines) is 1. The number of furan rings is 1. The van der Waals surface area contributed by atoms with E-state index in [0.717, 1.165) is 29.1 Å². The van der Waals surface area contributed by atoms with Crippen molar-refractivity contribution in [3.8, 4) is 10.6 Å². The molecule has 0 bridgehead atoms. The fourth-order valence-corrected chi connectivity index (χ4v) is 4.19. The Labute approximate surface area is 167 Å². The summed E-state index contributed by atoms with van der Waals surface area (Å²) in [5, 5.41) is 5.89. The van der Waals surface area contributed by atoms with Crippen molar-refractivity contribution in [3.05, 3.63) is 65.6 Å². The monoisotopic (exact) mass is 395 g/mol. The molecule has 1 aliphatic rings. The van der Waals surface area contributed by atoms with Crippen LogP contribution in [0.1, 0.15) is 28.9 Å². The van der Waals surface area contributed by atoms with Crippen molar-refractivity contribution in [1.82, 2.24) is 15.2 Å². The molecule has 144 valence electrons. The molecule has 0 saturated carbocycles. The number of nitrogens with zero attached hydrogens (tertiary/aromatic N) is 2. The first-order chi connectivity index (χ1) is 13.7. The van der Waals surface area contributed by atoms with Crippen LogP contribution in [-0.4, -0.2) is 34.8 Å². The molecule has 1 N–H and O–H groups in total. The van der Waals surface area contributed by atoms with Crippen LogP contribution in [-0.2, 0) is 11.3 Å². The lowest BCUT2D eigenvalue weighted by atomic mass is 9.96. The Morgan fingerprint density at radius 3 is 2.89 bits per heavy atom. The molecule has 28 heavy (non-hydrogen) atoms. The van der Waals surface area contributed by atoms with Gasteiger partial charge in [0.15, 0.2) is 0 Å². The normalized spacial score (nSPS) is 16.7. The predicted molar refractivity (Wildman–Crippen MR) is 107 cm³/mol. The number of carbonyl (C=O) groups is 2. The minimum atomic E-state index is -0.197. The molecule has 4 rings (SSSR count). The van der Waals surface area contributed by atoms with Gasteiger partial charge in [-0.15, -0.1) is 11.3 Å². The number of rotatable bonds is 5. The van der Waals surface area contributed by atoms with E-state index in [2.05, 4.69) is 10.3 Å². The molecule has 7 heteroatoms. The maximum atomic E-state index is 12.6. The van der Waals surface area contributed by atoms with Gasteiger partial charge < -0.3 is 14.6 Å². The van der Waals surface area contributed by atoms with Gasteiger partial charge in [0.25, 0.3) is 5.91 Å². The Hall–Kier alpha value is -2.93. The average molecular weight is 395 g/mol. The van der Waals surface area contributed by atoms with E-state index in [1.807, 2.05) is 35.7 Å². The molecule has 1 aromatic carbocycles. The molecule has 0 aliphatic carbocycles. The number of aromatic nitrogens is 1. The molecule has 1 atom stereocenters. The number of hydrogen-bond donors (Lipinski definition) is 1. The molecule has 0 spiro atoms. The van der Waals surface area contributed by atoms with Crippen LogP contribution in [0.5, 0.6) is 0 Å². The van der Waals surface area contributed by atoms with Crippen molar-refractivity contribution < 1.29 is 14.0 Å². The Bertz CT molecular complexity index is 937. The highest BCUT2D eigenvalue weighted by Crippen LogP contribution is 2.23. The van der Waals surface area contributed by atoms with Gasteiger partial charge in [-0.05, 0) is 18.9 Å². The van der Waals surface area contributed by atoms with Gasteiger partial charge in [0, 0.05) is 24.0 Å². The van der Waals surface area contributed by atoms with Crippen molar-refractivity contribution in [2.75, 3.05) is 13.1 Å². The molecule has 2 amide bonds. The zero-order valence-corrected chi connectivity index (χ0v) is 16.2. The van der Waals surface area contributed by atoms with E-state index in [1.165, 1.54) is 12.5 Å². The minimum Gasteiger partial charge on any atom is -0.472 e. The topological polar surface area (TPSA) is 75.4 Å². The highest BCUT2D eigenvalue weighted by atomic mass is 32.1. The van der Waals surface area contributed by atoms with Crippen molar-refractivity contribution in [1.29, 1.82) is 0 Å². The van der Waals surface area contributed by atoms with Gasteiger partial charge >= 0.3 is 0 Å². The second-order valence-electron chi connectivity index (χ2n) is 6.83. The van der Waals surface area contributed by atoms with Crippen molar-refractivity contribution in [2.45, 2.75) is 19.4 Å². The molecular weight excluding hydrogens is 374 g/mol. The van der Waals surface area contributed by atoms with Gasteiger partial charge in [0.1, 0.15) is 11.3 Å². The van der Waals surface area contributed by atoms with Crippen LogP contribution in [0, 0.1) is 5.92 Å². The smallest absolute Gasteiger partial charge is 0.257 e. The number of thiazole rings is 1. The van der Waals surface area contributed by atoms with Gasteiger partial charge in [0.05, 0.1) is 30.0 Å². The van der Waals surface area contributed by atoms with Crippen LogP contribution in [0.2, 0.25) is 0 Å². The number of hydrogen-bond acceptors (Lipinski definition) is 5. The van der Waals surface area contributed by atoms with Crippen molar-refractivity contribution in [2.24, 2.45) is 5.92 Å². The summed E-state index contributed by atoms with van der Waals surface area (Å²) >= 11 is 1.57. The van der Waals surface area contributed by atoms with Crippen LogP contribution < -0.4 is 5.32 Å². The third-order valence-corrected chi connectivity index (χ3v) is 5.80. The van der Waals surface area contributed by atoms with E-state index in [1.54, 1.807) is 22.3 Å². The quantitative estimate of drug-likeness (QED) is 0.717. The Morgan fingerprint density at radius 1 is 1.25 bits per heavy atom. The van der Waals surface area contributed by atoms with Gasteiger partial charge in [-0.2, -0.15) is 0 Å². The third-order valence-electron chi connectivity index (χ3n) is 4.86. The fraction of sp³-hybridized carbons (Fsp3) is 0.286. The van der Waals surface area contributed by atoms with Gasteiger partial charge in [-0.1, -0.05) is 30.3 Å². The molecule has 1 fully saturated rings. The maximum absolute atomic E-state index is 12.6. The number of nitrogens with one attached hydrogen (secondary N) is 1. The molecule has 1 unspecified atom stereocenters. The number of piperidine rings is 1. The summed E-state index contributed by atoms with van der Waals surface area (Å²) in [5.74, 6) is -0.311. The summed E-state index contributed by atoms with van der Waals surface area (Å²) in [6.07, 6.45) is 4.53. The SMILES string of the molecule is O=C(NCc1csc(-c2ccccc2)n1)C1CCCN(C(=O)c2ccoc2)C1. The first-order valence-corrected chi connectivity index (χ1v) is 10.2. The average Bonchev–Trinajstić information content (AvgIpc) is 3.44. The number of amides is 2. The van der Waals surface area contributed by atoms with Gasteiger partial charge in [-0.3, -0.25) is 9.59 Å². The van der Waals surface area contributed by atoms with E-state index in [-0.39, 0.29) is 17.7 Å². The van der Waals surface area contributed by atoms with Crippen LogP contribution >= 0.6 is 11.3 Å². The zero-order chi connectivity index (χ0) is 19.3. The van der Waals surface area contributed by atoms with Crippen LogP contribution in [0.15, 0.2) is 58.7 Å². The summed E-state index contributed by atoms with van der Waals surface area (Å²) in [4.78, 5) is 31.4. The summed E-state index contributed by atoms with van der Waals surface area (Å²) in [5.41, 5.74) is 2.45. The molecular formula is C21H21N3O3S. The Kier molecular flexibility index (Phi) is 5.53. The molecule has 3 heterocycles. The third kappa shape index (κ3) is 4.14. The lowest BCUT2D eigenvalue weighted by molar-refractivity contribution is -0.126. The van der Waals surface area contributed by atoms with E-state index in [9.17, 15) is 9.59 Å². The molecule has 3 aromatic rings. The standard InChI is InChI=1S/C21H21N3O3S/c25-19(16-7-4-9-24(12-16)21(26)17-8-10-27-13-17)22-11-18-14-28-20(23-18)15-5-2-1-3-6-15/h1-3,5-6,8,10,13-14,16H,4,7,9,11-12H2,(H,22,25). The second-order valence-corrected chi connectivity index (χ2v) is 7.69. The number of benzene rings is 1. The summed E-state index contributed by atoms with van der Waals surface area (Å²) < 4.78 is 4.99. The zero-order valence-electron chi connectivity index (χ0n) is 15.3. The van der Waals surface area contributed by atoms with Crippen molar-refractivity contribution >= 4 is 23.2 Å². The van der Waals surface area contributed by atoms with Crippen LogP contribution in [0.3, 0.4) is 0 Å². The summed E-state index contributed by atoms with van der Waals surface area (Å²) in [7, 11) is 0. The van der Waals surface area contributed by atoms with Crippen LogP contribution in [0.25, 0.3) is 10.6 Å². The van der Waals surface area contributed by atoms with E-state index < -0.39 is 0 Å². The molecule has 6 nitrogen and oxygen atoms in total. The largest absolute Gasteiger partial charge is 0.472 e. The second kappa shape index (κ2) is 8.39. The minimum absolute atomic E-state index is 0.0287. The van der Waals surface area contributed by atoms with Gasteiger partial charge in [0.2, 0.25) is 5.91 Å². The molecule has 0 radical (unpaired) electrons. The lowest BCUT2D eigenvalue weighted by Crippen LogP contribution is -2.45. The highest BCUT2D eigenvalue weighted by molar-refractivity contribution is 7.13. The number of carbonyl (C=O) groups excluding carboxylic acids is 2. The summed E-state index contributed by atoms with van der Waals surface area (Å²) in [6.45, 7) is 1.50. The van der Waals surface area contributed by atoms with Crippen molar-refractivity contribution in [3.63, 3.8) is 0 Å². The molecule has 1 aliphatic heterocycles. The Balaban J connectivity index is 1.32. The highest BCUT2D eigenvalue weighted by Gasteiger charge is 2.29. The summed E-state index contributed by atoms with van der Waals surface area (Å²) in [6, 6.07) is 11.6. The predicted octanol–water partition coefficient (Wildman–Crippen LogP) is 3.57.